The quantitative estimate of drug-likeness (QED) is 0.659. The van der Waals surface area contributed by atoms with Crippen molar-refractivity contribution >= 4 is 12.2 Å². The van der Waals surface area contributed by atoms with Gasteiger partial charge in [-0.15, -0.1) is 0 Å². The standard InChI is InChI=1S/C7H10N2O3/c1-2-12-9-4-6(7(10)11)3-8-5-9/h3-4H,2,5H2,1H3,(H,10,11). The number of aliphatic carboxylic acids is 1. The summed E-state index contributed by atoms with van der Waals surface area (Å²) in [6, 6.07) is 0. The number of carbonyl (C=O) groups is 1. The van der Waals surface area contributed by atoms with E-state index in [9.17, 15) is 4.79 Å². The summed E-state index contributed by atoms with van der Waals surface area (Å²) in [5.74, 6) is -0.997. The maximum Gasteiger partial charge on any atom is 0.338 e. The number of rotatable bonds is 3. The molecule has 0 bridgehead atoms. The highest BCUT2D eigenvalue weighted by Crippen LogP contribution is 2.03. The molecule has 0 saturated heterocycles. The summed E-state index contributed by atoms with van der Waals surface area (Å²) in [7, 11) is 0. The molecule has 0 fully saturated rings. The second-order valence-corrected chi connectivity index (χ2v) is 2.18. The number of aliphatic imine (C=N–C) groups is 1. The van der Waals surface area contributed by atoms with E-state index in [-0.39, 0.29) is 5.57 Å². The number of hydrogen-bond acceptors (Lipinski definition) is 4. The van der Waals surface area contributed by atoms with Crippen LogP contribution in [0.4, 0.5) is 0 Å². The lowest BCUT2D eigenvalue weighted by Crippen LogP contribution is -2.23. The van der Waals surface area contributed by atoms with Gasteiger partial charge in [-0.3, -0.25) is 9.83 Å². The Morgan fingerprint density at radius 3 is 3.25 bits per heavy atom. The van der Waals surface area contributed by atoms with Gasteiger partial charge in [-0.1, -0.05) is 0 Å². The summed E-state index contributed by atoms with van der Waals surface area (Å²) >= 11 is 0. The maximum absolute atomic E-state index is 10.5. The lowest BCUT2D eigenvalue weighted by atomic mass is 10.3. The Bertz CT molecular complexity index is 235. The molecule has 1 N–H and O–H groups in total. The van der Waals surface area contributed by atoms with Crippen LogP contribution in [-0.4, -0.2) is 35.6 Å². The molecule has 66 valence electrons. The minimum Gasteiger partial charge on any atom is -0.478 e. The number of carboxylic acid groups (broad SMARTS) is 1. The molecule has 1 heterocycles. The average molecular weight is 170 g/mol. The van der Waals surface area contributed by atoms with Gasteiger partial charge >= 0.3 is 5.97 Å². The molecule has 5 nitrogen and oxygen atoms in total. The second kappa shape index (κ2) is 3.87. The first-order chi connectivity index (χ1) is 5.74. The molecule has 0 aromatic rings. The average Bonchev–Trinajstić information content (AvgIpc) is 2.05. The van der Waals surface area contributed by atoms with Crippen molar-refractivity contribution in [3.8, 4) is 0 Å². The predicted octanol–water partition coefficient (Wildman–Crippen LogP) is 0.250. The highest BCUT2D eigenvalue weighted by atomic mass is 16.7. The Labute approximate surface area is 69.9 Å². The Kier molecular flexibility index (Phi) is 2.82. The van der Waals surface area contributed by atoms with E-state index in [1.807, 2.05) is 6.92 Å². The SMILES string of the molecule is CCON1C=C(C(=O)O)C=NC1. The molecule has 0 radical (unpaired) electrons. The van der Waals surface area contributed by atoms with Crippen LogP contribution in [0.5, 0.6) is 0 Å². The molecular weight excluding hydrogens is 160 g/mol. The van der Waals surface area contributed by atoms with E-state index in [4.69, 9.17) is 9.94 Å². The van der Waals surface area contributed by atoms with E-state index in [0.717, 1.165) is 0 Å². The van der Waals surface area contributed by atoms with Crippen LogP contribution >= 0.6 is 0 Å². The Morgan fingerprint density at radius 2 is 2.67 bits per heavy atom. The molecule has 12 heavy (non-hydrogen) atoms. The lowest BCUT2D eigenvalue weighted by molar-refractivity contribution is -0.134. The molecule has 0 aromatic carbocycles. The number of nitrogens with zero attached hydrogens (tertiary/aromatic N) is 2. The molecule has 0 saturated carbocycles. The van der Waals surface area contributed by atoms with Crippen molar-refractivity contribution in [3.63, 3.8) is 0 Å². The van der Waals surface area contributed by atoms with Crippen molar-refractivity contribution in [3.05, 3.63) is 11.8 Å². The fourth-order valence-corrected chi connectivity index (χ4v) is 0.803. The predicted molar refractivity (Wildman–Crippen MR) is 42.5 cm³/mol. The van der Waals surface area contributed by atoms with Gasteiger partial charge in [0.05, 0.1) is 12.2 Å². The van der Waals surface area contributed by atoms with Crippen molar-refractivity contribution in [1.29, 1.82) is 0 Å². The van der Waals surface area contributed by atoms with E-state index < -0.39 is 5.97 Å². The molecule has 5 heteroatoms. The smallest absolute Gasteiger partial charge is 0.338 e. The minimum atomic E-state index is -0.997. The summed E-state index contributed by atoms with van der Waals surface area (Å²) in [5.41, 5.74) is 0.134. The van der Waals surface area contributed by atoms with Gasteiger partial charge in [-0.05, 0) is 6.92 Å². The third-order valence-electron chi connectivity index (χ3n) is 1.28. The highest BCUT2D eigenvalue weighted by molar-refractivity contribution is 6.08. The van der Waals surface area contributed by atoms with E-state index in [0.29, 0.717) is 13.3 Å². The Balaban J connectivity index is 2.62. The maximum atomic E-state index is 10.5. The third-order valence-corrected chi connectivity index (χ3v) is 1.28. The number of hydrogen-bond donors (Lipinski definition) is 1. The molecule has 0 aromatic heterocycles. The summed E-state index contributed by atoms with van der Waals surface area (Å²) in [5, 5.41) is 9.97. The van der Waals surface area contributed by atoms with Gasteiger partial charge < -0.3 is 5.11 Å². The van der Waals surface area contributed by atoms with Gasteiger partial charge in [-0.2, -0.15) is 0 Å². The normalized spacial score (nSPS) is 16.1. The zero-order valence-corrected chi connectivity index (χ0v) is 6.73. The second-order valence-electron chi connectivity index (χ2n) is 2.18. The summed E-state index contributed by atoms with van der Waals surface area (Å²) in [6.45, 7) is 2.68. The van der Waals surface area contributed by atoms with Crippen LogP contribution in [0.1, 0.15) is 6.92 Å². The summed E-state index contributed by atoms with van der Waals surface area (Å²) < 4.78 is 0. The zero-order valence-electron chi connectivity index (χ0n) is 6.73. The number of carboxylic acids is 1. The first-order valence-corrected chi connectivity index (χ1v) is 3.58. The van der Waals surface area contributed by atoms with Crippen LogP contribution in [0, 0.1) is 0 Å². The van der Waals surface area contributed by atoms with E-state index >= 15 is 0 Å². The molecule has 0 amide bonds. The molecule has 1 aliphatic heterocycles. The molecule has 1 aliphatic rings. The molecular formula is C7H10N2O3. The van der Waals surface area contributed by atoms with Gasteiger partial charge in [0.1, 0.15) is 6.67 Å². The molecule has 0 unspecified atom stereocenters. The van der Waals surface area contributed by atoms with Crippen molar-refractivity contribution in [2.75, 3.05) is 13.3 Å². The van der Waals surface area contributed by atoms with Crippen LogP contribution in [0.2, 0.25) is 0 Å². The Morgan fingerprint density at radius 1 is 1.92 bits per heavy atom. The van der Waals surface area contributed by atoms with Crippen LogP contribution in [0.15, 0.2) is 16.8 Å². The van der Waals surface area contributed by atoms with Crippen molar-refractivity contribution in [1.82, 2.24) is 5.06 Å². The van der Waals surface area contributed by atoms with Crippen LogP contribution in [0.3, 0.4) is 0 Å². The van der Waals surface area contributed by atoms with Gasteiger partial charge in [0.25, 0.3) is 0 Å². The van der Waals surface area contributed by atoms with Crippen molar-refractivity contribution in [2.24, 2.45) is 4.99 Å². The summed E-state index contributed by atoms with van der Waals surface area (Å²) in [6.07, 6.45) is 2.73. The topological polar surface area (TPSA) is 62.1 Å². The van der Waals surface area contributed by atoms with E-state index in [2.05, 4.69) is 4.99 Å². The van der Waals surface area contributed by atoms with E-state index in [1.54, 1.807) is 0 Å². The molecule has 0 aliphatic carbocycles. The van der Waals surface area contributed by atoms with E-state index in [1.165, 1.54) is 17.5 Å². The van der Waals surface area contributed by atoms with Crippen molar-refractivity contribution in [2.45, 2.75) is 6.92 Å². The minimum absolute atomic E-state index is 0.134. The van der Waals surface area contributed by atoms with Gasteiger partial charge in [0.2, 0.25) is 0 Å². The van der Waals surface area contributed by atoms with Gasteiger partial charge in [-0.25, -0.2) is 9.86 Å². The largest absolute Gasteiger partial charge is 0.478 e. The molecule has 0 atom stereocenters. The van der Waals surface area contributed by atoms with Crippen LogP contribution in [-0.2, 0) is 9.63 Å². The lowest BCUT2D eigenvalue weighted by Gasteiger charge is -2.19. The van der Waals surface area contributed by atoms with Crippen molar-refractivity contribution < 1.29 is 14.7 Å². The van der Waals surface area contributed by atoms with Crippen LogP contribution in [0.25, 0.3) is 0 Å². The monoisotopic (exact) mass is 170 g/mol. The highest BCUT2D eigenvalue weighted by Gasteiger charge is 2.11. The molecule has 0 spiro atoms. The fourth-order valence-electron chi connectivity index (χ4n) is 0.803. The summed E-state index contributed by atoms with van der Waals surface area (Å²) in [4.78, 5) is 19.3. The number of hydroxylamine groups is 2. The third kappa shape index (κ3) is 2.06. The fraction of sp³-hybridized carbons (Fsp3) is 0.429. The zero-order chi connectivity index (χ0) is 8.97. The molecule has 1 rings (SSSR count). The van der Waals surface area contributed by atoms with Gasteiger partial charge in [0.15, 0.2) is 0 Å². The van der Waals surface area contributed by atoms with Crippen LogP contribution < -0.4 is 0 Å². The first-order valence-electron chi connectivity index (χ1n) is 3.58. The van der Waals surface area contributed by atoms with Gasteiger partial charge in [0, 0.05) is 12.4 Å². The first kappa shape index (κ1) is 8.73. The Hall–Kier alpha value is -1.36.